The summed E-state index contributed by atoms with van der Waals surface area (Å²) >= 11 is 0. The van der Waals surface area contributed by atoms with Gasteiger partial charge in [-0.3, -0.25) is 0 Å². The Hall–Kier alpha value is -0.266. The largest absolute Gasteiger partial charge is 0.392 e. The van der Waals surface area contributed by atoms with Gasteiger partial charge in [-0.1, -0.05) is 69.7 Å². The molecule has 0 bridgehead atoms. The van der Waals surface area contributed by atoms with Gasteiger partial charge < -0.3 is 22.0 Å². The minimum atomic E-state index is -0.442. The third kappa shape index (κ3) is 7.21. The third-order valence-electron chi connectivity index (χ3n) is 6.09. The average Bonchev–Trinajstić information content (AvgIpc) is 3.00. The van der Waals surface area contributed by atoms with Crippen LogP contribution >= 0.6 is 0 Å². The number of unbranched alkanes of at least 4 members (excludes halogenated alkanes) is 5. The van der Waals surface area contributed by atoms with Crippen molar-refractivity contribution in [3.8, 4) is 0 Å². The molecular weight excluding hydrogens is 423 g/mol. The molecule has 1 aliphatic carbocycles. The van der Waals surface area contributed by atoms with E-state index >= 15 is 0 Å². The van der Waals surface area contributed by atoms with Gasteiger partial charge in [0.15, 0.2) is 0 Å². The molecule has 4 heteroatoms. The fraction of sp³-hybridized carbons (Fsp3) is 0.667. The number of rotatable bonds is 11. The Kier molecular flexibility index (Phi) is 12.8. The Morgan fingerprint density at radius 3 is 2.46 bits per heavy atom. The zero-order valence-electron chi connectivity index (χ0n) is 17.4. The molecule has 0 aromatic heterocycles. The van der Waals surface area contributed by atoms with Gasteiger partial charge in [-0.15, -0.1) is 0 Å². The minimum absolute atomic E-state index is 0. The van der Waals surface area contributed by atoms with E-state index in [1.165, 1.54) is 0 Å². The molecule has 1 aliphatic rings. The van der Waals surface area contributed by atoms with Crippen LogP contribution in [0.1, 0.15) is 94.3 Å². The second-order valence-electron chi connectivity index (χ2n) is 8.07. The van der Waals surface area contributed by atoms with Crippen molar-refractivity contribution in [1.82, 2.24) is 0 Å². The molecule has 0 heterocycles. The van der Waals surface area contributed by atoms with Gasteiger partial charge in [-0.25, -0.2) is 6.57 Å². The van der Waals surface area contributed by atoms with Gasteiger partial charge in [-0.2, -0.15) is 6.42 Å². The molecule has 3 unspecified atom stereocenters. The predicted molar refractivity (Wildman–Crippen MR) is 111 cm³/mol. The molecule has 0 aliphatic heterocycles. The Balaban J connectivity index is 0.00000392. The van der Waals surface area contributed by atoms with Crippen LogP contribution in [0.4, 0.5) is 0 Å². The van der Waals surface area contributed by atoms with Crippen molar-refractivity contribution in [3.05, 3.63) is 53.7 Å². The summed E-state index contributed by atoms with van der Waals surface area (Å²) in [6, 6.07) is 8.04. The molecule has 1 aromatic carbocycles. The second kappa shape index (κ2) is 13.9. The molecule has 0 saturated heterocycles. The van der Waals surface area contributed by atoms with Crippen molar-refractivity contribution in [2.75, 3.05) is 0 Å². The van der Waals surface area contributed by atoms with Crippen molar-refractivity contribution in [2.45, 2.75) is 95.3 Å². The molecule has 3 nitrogen and oxygen atoms in total. The summed E-state index contributed by atoms with van der Waals surface area (Å²) in [4.78, 5) is 3.82. The van der Waals surface area contributed by atoms with E-state index in [0.29, 0.717) is 6.42 Å². The number of nitrogens with zero attached hydrogens (tertiary/aromatic N) is 1. The molecule has 0 spiro atoms. The average molecular weight is 459 g/mol. The molecule has 2 rings (SSSR count). The fourth-order valence-electron chi connectivity index (χ4n) is 4.51. The molecule has 1 aromatic rings. The van der Waals surface area contributed by atoms with Crippen LogP contribution in [-0.4, -0.2) is 22.4 Å². The molecule has 2 N–H and O–H groups in total. The smallest absolute Gasteiger partial charge is 0.229 e. The summed E-state index contributed by atoms with van der Waals surface area (Å²) in [5.41, 5.74) is 2.07. The van der Waals surface area contributed by atoms with Gasteiger partial charge in [0.1, 0.15) is 0 Å². The molecular formula is C24H36NO2Y-. The van der Waals surface area contributed by atoms with E-state index in [4.69, 9.17) is 6.57 Å². The maximum absolute atomic E-state index is 10.6. The molecule has 5 atom stereocenters. The predicted octanol–water partition coefficient (Wildman–Crippen LogP) is 5.83. The molecule has 1 saturated carbocycles. The van der Waals surface area contributed by atoms with E-state index in [9.17, 15) is 10.2 Å². The maximum Gasteiger partial charge on any atom is 0.229 e. The third-order valence-corrected chi connectivity index (χ3v) is 6.09. The van der Waals surface area contributed by atoms with Gasteiger partial charge in [0, 0.05) is 51.0 Å². The Bertz CT molecular complexity index is 583. The van der Waals surface area contributed by atoms with Gasteiger partial charge in [-0.05, 0) is 24.0 Å². The topological polar surface area (TPSA) is 44.8 Å². The van der Waals surface area contributed by atoms with Gasteiger partial charge >= 0.3 is 0 Å². The normalized spacial score (nSPS) is 25.1. The van der Waals surface area contributed by atoms with Crippen LogP contribution in [0.15, 0.2) is 24.3 Å². The van der Waals surface area contributed by atoms with E-state index < -0.39 is 12.2 Å². The van der Waals surface area contributed by atoms with E-state index in [1.54, 1.807) is 0 Å². The number of benzene rings is 1. The number of hydrogen-bond donors (Lipinski definition) is 2. The van der Waals surface area contributed by atoms with Gasteiger partial charge in [0.25, 0.3) is 0 Å². The fourth-order valence-corrected chi connectivity index (χ4v) is 4.51. The first-order valence-corrected chi connectivity index (χ1v) is 10.7. The Morgan fingerprint density at radius 1 is 1.14 bits per heavy atom. The summed E-state index contributed by atoms with van der Waals surface area (Å²) in [6.07, 6.45) is 9.22. The van der Waals surface area contributed by atoms with E-state index in [0.717, 1.165) is 68.9 Å². The zero-order chi connectivity index (χ0) is 19.6. The van der Waals surface area contributed by atoms with Crippen LogP contribution < -0.4 is 0 Å². The van der Waals surface area contributed by atoms with E-state index in [-0.39, 0.29) is 50.6 Å². The van der Waals surface area contributed by atoms with Crippen LogP contribution in [0.3, 0.4) is 0 Å². The van der Waals surface area contributed by atoms with Crippen LogP contribution in [0.25, 0.3) is 4.85 Å². The molecule has 28 heavy (non-hydrogen) atoms. The summed E-state index contributed by atoms with van der Waals surface area (Å²) < 4.78 is 0. The molecule has 1 fully saturated rings. The van der Waals surface area contributed by atoms with Crippen molar-refractivity contribution in [1.29, 1.82) is 0 Å². The summed E-state index contributed by atoms with van der Waals surface area (Å²) in [6.45, 7) is 13.6. The van der Waals surface area contributed by atoms with Crippen molar-refractivity contribution >= 4 is 0 Å². The van der Waals surface area contributed by atoms with Crippen LogP contribution in [-0.2, 0) is 32.7 Å². The van der Waals surface area contributed by atoms with Crippen LogP contribution in [0, 0.1) is 19.4 Å². The first-order chi connectivity index (χ1) is 13.1. The number of aliphatic hydroxyl groups is 2. The van der Waals surface area contributed by atoms with Gasteiger partial charge in [0.05, 0.1) is 12.2 Å². The first-order valence-electron chi connectivity index (χ1n) is 10.7. The van der Waals surface area contributed by atoms with E-state index in [1.807, 2.05) is 12.1 Å². The maximum atomic E-state index is 10.6. The minimum Gasteiger partial charge on any atom is -0.392 e. The molecule has 1 radical (unpaired) electrons. The SMILES string of the molecule is [C-]#[N+][C@@H]1C[C@@H](O)C(c2ccc(C(O)CCCCC)cc2)C1CCCCC[CH2-].[Y]. The number of hydrogen-bond acceptors (Lipinski definition) is 2. The molecule has 0 amide bonds. The summed E-state index contributed by atoms with van der Waals surface area (Å²) in [7, 11) is 0. The van der Waals surface area contributed by atoms with Crippen molar-refractivity contribution < 1.29 is 42.9 Å². The summed E-state index contributed by atoms with van der Waals surface area (Å²) in [5, 5.41) is 21.0. The monoisotopic (exact) mass is 459 g/mol. The Labute approximate surface area is 197 Å². The first kappa shape index (κ1) is 25.8. The summed E-state index contributed by atoms with van der Waals surface area (Å²) in [5.74, 6) is 0.262. The Morgan fingerprint density at radius 2 is 1.86 bits per heavy atom. The quantitative estimate of drug-likeness (QED) is 0.323. The van der Waals surface area contributed by atoms with Crippen LogP contribution in [0.5, 0.6) is 0 Å². The second-order valence-corrected chi connectivity index (χ2v) is 8.07. The zero-order valence-corrected chi connectivity index (χ0v) is 20.2. The number of aliphatic hydroxyl groups excluding tert-OH is 2. The van der Waals surface area contributed by atoms with Gasteiger partial charge in [0.2, 0.25) is 6.04 Å². The van der Waals surface area contributed by atoms with E-state index in [2.05, 4.69) is 30.8 Å². The molecule has 153 valence electrons. The van der Waals surface area contributed by atoms with Crippen molar-refractivity contribution in [2.24, 2.45) is 5.92 Å². The standard InChI is InChI=1S/C24H36NO2.Y/c1-4-6-8-10-11-20-21(25-3)17-23(27)24(20)19-15-13-18(14-16-19)22(26)12-9-7-5-2;/h13-16,20-24,26-27H,1,4-12,17H2,2H3;/q-1;/t20?,21-,22?,23-,24?;/m1./s1. The van der Waals surface area contributed by atoms with Crippen LogP contribution in [0.2, 0.25) is 0 Å². The van der Waals surface area contributed by atoms with Crippen molar-refractivity contribution in [3.63, 3.8) is 0 Å².